The molecule has 0 N–H and O–H groups in total. The Morgan fingerprint density at radius 3 is 2.82 bits per heavy atom. The van der Waals surface area contributed by atoms with Crippen LogP contribution in [0.5, 0.6) is 5.88 Å². The van der Waals surface area contributed by atoms with Crippen molar-refractivity contribution in [1.82, 2.24) is 19.9 Å². The monoisotopic (exact) mass is 317 g/mol. The van der Waals surface area contributed by atoms with Crippen LogP contribution >= 0.6 is 11.8 Å². The Bertz CT molecular complexity index is 589. The van der Waals surface area contributed by atoms with E-state index in [4.69, 9.17) is 4.74 Å². The van der Waals surface area contributed by atoms with Gasteiger partial charge in [-0.1, -0.05) is 11.8 Å². The van der Waals surface area contributed by atoms with Crippen LogP contribution < -0.4 is 9.64 Å². The fourth-order valence-electron chi connectivity index (χ4n) is 2.50. The van der Waals surface area contributed by atoms with Crippen LogP contribution in [0.4, 0.5) is 5.82 Å². The van der Waals surface area contributed by atoms with Gasteiger partial charge in [0.1, 0.15) is 5.82 Å². The lowest BCUT2D eigenvalue weighted by Crippen LogP contribution is -2.36. The highest BCUT2D eigenvalue weighted by molar-refractivity contribution is 7.98. The van der Waals surface area contributed by atoms with E-state index in [1.165, 1.54) is 0 Å². The summed E-state index contributed by atoms with van der Waals surface area (Å²) in [6.07, 6.45) is 11.0. The topological polar surface area (TPSA) is 64.0 Å². The van der Waals surface area contributed by atoms with E-state index in [0.29, 0.717) is 18.4 Å². The van der Waals surface area contributed by atoms with Crippen molar-refractivity contribution in [1.29, 1.82) is 0 Å². The molecule has 0 aliphatic carbocycles. The predicted molar refractivity (Wildman–Crippen MR) is 86.3 cm³/mol. The van der Waals surface area contributed by atoms with Crippen molar-refractivity contribution in [2.45, 2.75) is 18.0 Å². The number of piperidine rings is 1. The minimum atomic E-state index is 0.556. The summed E-state index contributed by atoms with van der Waals surface area (Å²) in [5.41, 5.74) is 0. The van der Waals surface area contributed by atoms with E-state index in [9.17, 15) is 0 Å². The quantitative estimate of drug-likeness (QED) is 0.619. The first-order valence-corrected chi connectivity index (χ1v) is 8.58. The molecule has 0 radical (unpaired) electrons. The summed E-state index contributed by atoms with van der Waals surface area (Å²) in [4.78, 5) is 19.2. The summed E-state index contributed by atoms with van der Waals surface area (Å²) in [5.74, 6) is 2.18. The Kier molecular flexibility index (Phi) is 5.05. The molecule has 0 unspecified atom stereocenters. The molecule has 1 fully saturated rings. The molecule has 1 saturated heterocycles. The van der Waals surface area contributed by atoms with Crippen LogP contribution in [0.15, 0.2) is 36.0 Å². The number of rotatable bonds is 5. The molecular weight excluding hydrogens is 298 g/mol. The Hall–Kier alpha value is -1.89. The van der Waals surface area contributed by atoms with Gasteiger partial charge in [-0.25, -0.2) is 15.0 Å². The van der Waals surface area contributed by atoms with Crippen LogP contribution in [0, 0.1) is 5.92 Å². The largest absolute Gasteiger partial charge is 0.476 e. The summed E-state index contributed by atoms with van der Waals surface area (Å²) in [6.45, 7) is 2.70. The SMILES string of the molecule is CSc1nccc(N2CCC(COc3cnccn3)CC2)n1. The van der Waals surface area contributed by atoms with Gasteiger partial charge < -0.3 is 9.64 Å². The Morgan fingerprint density at radius 2 is 2.09 bits per heavy atom. The second kappa shape index (κ2) is 7.40. The molecule has 2 aromatic rings. The van der Waals surface area contributed by atoms with Crippen molar-refractivity contribution >= 4 is 17.6 Å². The zero-order chi connectivity index (χ0) is 15.2. The fourth-order valence-corrected chi connectivity index (χ4v) is 2.85. The second-order valence-corrected chi connectivity index (χ2v) is 5.96. The van der Waals surface area contributed by atoms with E-state index in [1.54, 1.807) is 30.4 Å². The molecule has 7 heteroatoms. The van der Waals surface area contributed by atoms with Gasteiger partial charge in [0, 0.05) is 31.7 Å². The number of anilines is 1. The van der Waals surface area contributed by atoms with Crippen molar-refractivity contribution in [2.24, 2.45) is 5.92 Å². The first-order valence-electron chi connectivity index (χ1n) is 7.36. The molecular formula is C15H19N5OS. The van der Waals surface area contributed by atoms with Crippen LogP contribution in [-0.2, 0) is 0 Å². The van der Waals surface area contributed by atoms with E-state index in [0.717, 1.165) is 36.9 Å². The molecule has 0 amide bonds. The molecule has 3 heterocycles. The smallest absolute Gasteiger partial charge is 0.232 e. The standard InChI is InChI=1S/C15H19N5OS/c1-22-15-18-5-2-13(19-15)20-8-3-12(4-9-20)11-21-14-10-16-6-7-17-14/h2,5-7,10,12H,3-4,8-9,11H2,1H3. The maximum Gasteiger partial charge on any atom is 0.232 e. The van der Waals surface area contributed by atoms with Gasteiger partial charge in [0.05, 0.1) is 12.8 Å². The average Bonchev–Trinajstić information content (AvgIpc) is 2.61. The summed E-state index contributed by atoms with van der Waals surface area (Å²) in [5, 5.41) is 0.825. The van der Waals surface area contributed by atoms with Crippen molar-refractivity contribution in [3.63, 3.8) is 0 Å². The highest BCUT2D eigenvalue weighted by atomic mass is 32.2. The molecule has 0 saturated carbocycles. The third-order valence-corrected chi connectivity index (χ3v) is 4.31. The normalized spacial score (nSPS) is 15.8. The van der Waals surface area contributed by atoms with Crippen LogP contribution in [0.3, 0.4) is 0 Å². The molecule has 0 bridgehead atoms. The molecule has 0 spiro atoms. The maximum absolute atomic E-state index is 5.70. The third-order valence-electron chi connectivity index (χ3n) is 3.75. The second-order valence-electron chi connectivity index (χ2n) is 5.19. The van der Waals surface area contributed by atoms with E-state index in [-0.39, 0.29) is 0 Å². The van der Waals surface area contributed by atoms with Crippen molar-refractivity contribution in [3.05, 3.63) is 30.9 Å². The number of nitrogens with zero attached hydrogens (tertiary/aromatic N) is 5. The highest BCUT2D eigenvalue weighted by Gasteiger charge is 2.21. The first kappa shape index (κ1) is 15.0. The van der Waals surface area contributed by atoms with Gasteiger partial charge >= 0.3 is 0 Å². The first-order chi connectivity index (χ1) is 10.8. The van der Waals surface area contributed by atoms with Crippen LogP contribution in [0.25, 0.3) is 0 Å². The van der Waals surface area contributed by atoms with E-state index in [1.807, 2.05) is 18.5 Å². The van der Waals surface area contributed by atoms with E-state index in [2.05, 4.69) is 24.8 Å². The Labute approximate surface area is 134 Å². The molecule has 1 aliphatic heterocycles. The van der Waals surface area contributed by atoms with Gasteiger partial charge in [0.25, 0.3) is 0 Å². The summed E-state index contributed by atoms with van der Waals surface area (Å²) >= 11 is 1.57. The van der Waals surface area contributed by atoms with E-state index >= 15 is 0 Å². The summed E-state index contributed by atoms with van der Waals surface area (Å²) in [7, 11) is 0. The summed E-state index contributed by atoms with van der Waals surface area (Å²) in [6, 6.07) is 1.98. The third kappa shape index (κ3) is 3.85. The van der Waals surface area contributed by atoms with Gasteiger partial charge in [-0.15, -0.1) is 0 Å². The van der Waals surface area contributed by atoms with Gasteiger partial charge in [0.2, 0.25) is 5.88 Å². The molecule has 3 rings (SSSR count). The number of hydrogen-bond acceptors (Lipinski definition) is 7. The molecule has 0 atom stereocenters. The van der Waals surface area contributed by atoms with E-state index < -0.39 is 0 Å². The number of thioether (sulfide) groups is 1. The van der Waals surface area contributed by atoms with Gasteiger partial charge in [0.15, 0.2) is 5.16 Å². The minimum absolute atomic E-state index is 0.556. The van der Waals surface area contributed by atoms with Crippen molar-refractivity contribution in [2.75, 3.05) is 30.9 Å². The van der Waals surface area contributed by atoms with Crippen LogP contribution in [-0.4, -0.2) is 45.9 Å². The molecule has 0 aromatic carbocycles. The fraction of sp³-hybridized carbons (Fsp3) is 0.467. The zero-order valence-electron chi connectivity index (χ0n) is 12.6. The zero-order valence-corrected chi connectivity index (χ0v) is 13.4. The van der Waals surface area contributed by atoms with Crippen LogP contribution in [0.2, 0.25) is 0 Å². The Balaban J connectivity index is 1.49. The number of ether oxygens (including phenoxy) is 1. The molecule has 1 aliphatic rings. The van der Waals surface area contributed by atoms with Gasteiger partial charge in [-0.3, -0.25) is 4.98 Å². The molecule has 116 valence electrons. The molecule has 6 nitrogen and oxygen atoms in total. The maximum atomic E-state index is 5.70. The van der Waals surface area contributed by atoms with Crippen LogP contribution in [0.1, 0.15) is 12.8 Å². The average molecular weight is 317 g/mol. The molecule has 2 aromatic heterocycles. The summed E-state index contributed by atoms with van der Waals surface area (Å²) < 4.78 is 5.70. The minimum Gasteiger partial charge on any atom is -0.476 e. The lowest BCUT2D eigenvalue weighted by molar-refractivity contribution is 0.215. The van der Waals surface area contributed by atoms with Gasteiger partial charge in [-0.2, -0.15) is 0 Å². The highest BCUT2D eigenvalue weighted by Crippen LogP contribution is 2.23. The lowest BCUT2D eigenvalue weighted by Gasteiger charge is -2.32. The Morgan fingerprint density at radius 1 is 1.23 bits per heavy atom. The van der Waals surface area contributed by atoms with Crippen molar-refractivity contribution < 1.29 is 4.74 Å². The number of hydrogen-bond donors (Lipinski definition) is 0. The van der Waals surface area contributed by atoms with Gasteiger partial charge in [-0.05, 0) is 31.1 Å². The number of aromatic nitrogens is 4. The molecule has 22 heavy (non-hydrogen) atoms. The lowest BCUT2D eigenvalue weighted by atomic mass is 9.98. The predicted octanol–water partition coefficient (Wildman–Crippen LogP) is 2.28. The van der Waals surface area contributed by atoms with Crippen molar-refractivity contribution in [3.8, 4) is 5.88 Å².